The fourth-order valence-corrected chi connectivity index (χ4v) is 2.62. The Kier molecular flexibility index (Phi) is 2.86. The third kappa shape index (κ3) is 2.06. The van der Waals surface area contributed by atoms with Crippen molar-refractivity contribution in [3.63, 3.8) is 0 Å². The van der Waals surface area contributed by atoms with Gasteiger partial charge in [-0.25, -0.2) is 9.50 Å². The summed E-state index contributed by atoms with van der Waals surface area (Å²) < 4.78 is 1.91. The Hall–Kier alpha value is -2.40. The van der Waals surface area contributed by atoms with Gasteiger partial charge >= 0.3 is 0 Å². The van der Waals surface area contributed by atoms with Gasteiger partial charge in [-0.1, -0.05) is 24.3 Å². The standard InChI is InChI=1S/C16H17N5/c17-10-12-2-4-13(5-3-12)16-14-6-7-18-21(14)11-15(19-16)20-8-1-9-20/h2-7,11H,1,8-10,17H2. The number of fused-ring (bicyclic) bond motifs is 1. The van der Waals surface area contributed by atoms with Crippen LogP contribution in [0.15, 0.2) is 42.7 Å². The molecule has 0 amide bonds. The van der Waals surface area contributed by atoms with Gasteiger partial charge in [-0.2, -0.15) is 5.10 Å². The fraction of sp³-hybridized carbons (Fsp3) is 0.250. The number of anilines is 1. The lowest BCUT2D eigenvalue weighted by atomic mass is 10.1. The first-order valence-electron chi connectivity index (χ1n) is 7.24. The highest BCUT2D eigenvalue weighted by molar-refractivity contribution is 5.78. The molecule has 5 heteroatoms. The van der Waals surface area contributed by atoms with Crippen LogP contribution in [0.25, 0.3) is 16.8 Å². The van der Waals surface area contributed by atoms with Gasteiger partial charge in [-0.3, -0.25) is 0 Å². The van der Waals surface area contributed by atoms with Crippen molar-refractivity contribution in [3.8, 4) is 11.3 Å². The van der Waals surface area contributed by atoms with Crippen LogP contribution in [0.3, 0.4) is 0 Å². The molecule has 1 aliphatic rings. The van der Waals surface area contributed by atoms with Crippen molar-refractivity contribution in [1.29, 1.82) is 0 Å². The van der Waals surface area contributed by atoms with Gasteiger partial charge in [0.1, 0.15) is 5.82 Å². The molecule has 0 bridgehead atoms. The predicted molar refractivity (Wildman–Crippen MR) is 83.1 cm³/mol. The largest absolute Gasteiger partial charge is 0.355 e. The van der Waals surface area contributed by atoms with Gasteiger partial charge in [-0.05, 0) is 18.1 Å². The summed E-state index contributed by atoms with van der Waals surface area (Å²) in [7, 11) is 0. The molecule has 106 valence electrons. The zero-order valence-corrected chi connectivity index (χ0v) is 11.7. The molecule has 2 aromatic heterocycles. The Morgan fingerprint density at radius 1 is 1.10 bits per heavy atom. The van der Waals surface area contributed by atoms with Crippen molar-refractivity contribution < 1.29 is 0 Å². The molecule has 1 fully saturated rings. The minimum Gasteiger partial charge on any atom is -0.355 e. The van der Waals surface area contributed by atoms with Crippen molar-refractivity contribution in [2.45, 2.75) is 13.0 Å². The second kappa shape index (κ2) is 4.86. The lowest BCUT2D eigenvalue weighted by Gasteiger charge is -2.32. The molecule has 5 nitrogen and oxygen atoms in total. The summed E-state index contributed by atoms with van der Waals surface area (Å²) in [6.07, 6.45) is 5.06. The smallest absolute Gasteiger partial charge is 0.147 e. The van der Waals surface area contributed by atoms with Gasteiger partial charge in [-0.15, -0.1) is 0 Å². The molecule has 4 rings (SSSR count). The number of hydrogen-bond donors (Lipinski definition) is 1. The SMILES string of the molecule is NCc1ccc(-c2nc(N3CCC3)cn3nccc23)cc1. The topological polar surface area (TPSA) is 59.5 Å². The number of rotatable bonds is 3. The van der Waals surface area contributed by atoms with E-state index in [1.165, 1.54) is 6.42 Å². The fourth-order valence-electron chi connectivity index (χ4n) is 2.62. The van der Waals surface area contributed by atoms with Crippen molar-refractivity contribution in [1.82, 2.24) is 14.6 Å². The van der Waals surface area contributed by atoms with Crippen molar-refractivity contribution in [2.24, 2.45) is 5.73 Å². The van der Waals surface area contributed by atoms with E-state index in [2.05, 4.69) is 34.3 Å². The molecule has 0 spiro atoms. The molecule has 3 aromatic rings. The number of nitrogens with zero attached hydrogens (tertiary/aromatic N) is 4. The van der Waals surface area contributed by atoms with E-state index in [4.69, 9.17) is 10.7 Å². The second-order valence-electron chi connectivity index (χ2n) is 5.35. The molecule has 0 unspecified atom stereocenters. The van der Waals surface area contributed by atoms with E-state index >= 15 is 0 Å². The first kappa shape index (κ1) is 12.3. The average molecular weight is 279 g/mol. The molecule has 0 saturated carbocycles. The second-order valence-corrected chi connectivity index (χ2v) is 5.35. The Morgan fingerprint density at radius 3 is 2.57 bits per heavy atom. The maximum Gasteiger partial charge on any atom is 0.147 e. The molecule has 0 radical (unpaired) electrons. The Labute approximate surface area is 123 Å². The first-order valence-corrected chi connectivity index (χ1v) is 7.24. The highest BCUT2D eigenvalue weighted by Crippen LogP contribution is 2.27. The molecule has 3 heterocycles. The summed E-state index contributed by atoms with van der Waals surface area (Å²) in [6, 6.07) is 10.3. The Bertz CT molecular complexity index is 771. The van der Waals surface area contributed by atoms with Crippen molar-refractivity contribution >= 4 is 11.3 Å². The Balaban J connectivity index is 1.86. The quantitative estimate of drug-likeness (QED) is 0.797. The number of nitrogens with two attached hydrogens (primary N) is 1. The number of benzene rings is 1. The Morgan fingerprint density at radius 2 is 1.90 bits per heavy atom. The summed E-state index contributed by atoms with van der Waals surface area (Å²) in [6.45, 7) is 2.71. The van der Waals surface area contributed by atoms with E-state index < -0.39 is 0 Å². The van der Waals surface area contributed by atoms with E-state index in [1.54, 1.807) is 0 Å². The highest BCUT2D eigenvalue weighted by Gasteiger charge is 2.18. The molecule has 1 aromatic carbocycles. The van der Waals surface area contributed by atoms with Gasteiger partial charge in [0.15, 0.2) is 0 Å². The molecule has 1 aliphatic heterocycles. The first-order chi connectivity index (χ1) is 10.3. The monoisotopic (exact) mass is 279 g/mol. The predicted octanol–water partition coefficient (Wildman–Crippen LogP) is 2.07. The van der Waals surface area contributed by atoms with Crippen LogP contribution in [0.2, 0.25) is 0 Å². The van der Waals surface area contributed by atoms with E-state index in [9.17, 15) is 0 Å². The summed E-state index contributed by atoms with van der Waals surface area (Å²) in [4.78, 5) is 7.13. The van der Waals surface area contributed by atoms with Crippen LogP contribution in [0.5, 0.6) is 0 Å². The van der Waals surface area contributed by atoms with E-state index in [1.807, 2.05) is 23.0 Å². The minimum absolute atomic E-state index is 0.559. The third-order valence-corrected chi connectivity index (χ3v) is 4.02. The van der Waals surface area contributed by atoms with Gasteiger partial charge in [0.05, 0.1) is 23.6 Å². The van der Waals surface area contributed by atoms with Gasteiger partial charge in [0, 0.05) is 25.2 Å². The maximum atomic E-state index is 5.67. The zero-order chi connectivity index (χ0) is 14.2. The van der Waals surface area contributed by atoms with Crippen LogP contribution in [-0.2, 0) is 6.54 Å². The highest BCUT2D eigenvalue weighted by atomic mass is 15.3. The maximum absolute atomic E-state index is 5.67. The minimum atomic E-state index is 0.559. The third-order valence-electron chi connectivity index (χ3n) is 4.02. The van der Waals surface area contributed by atoms with Crippen LogP contribution < -0.4 is 10.6 Å². The molecule has 1 saturated heterocycles. The van der Waals surface area contributed by atoms with Crippen LogP contribution in [0.1, 0.15) is 12.0 Å². The van der Waals surface area contributed by atoms with E-state index in [0.717, 1.165) is 41.2 Å². The zero-order valence-electron chi connectivity index (χ0n) is 11.7. The summed E-state index contributed by atoms with van der Waals surface area (Å²) in [5.74, 6) is 0.996. The van der Waals surface area contributed by atoms with Gasteiger partial charge in [0.25, 0.3) is 0 Å². The number of aromatic nitrogens is 3. The van der Waals surface area contributed by atoms with E-state index in [-0.39, 0.29) is 0 Å². The molecular formula is C16H17N5. The normalized spacial score (nSPS) is 14.4. The molecule has 0 aliphatic carbocycles. The van der Waals surface area contributed by atoms with Crippen molar-refractivity contribution in [3.05, 3.63) is 48.3 Å². The summed E-state index contributed by atoms with van der Waals surface area (Å²) in [5.41, 5.74) is 9.89. The molecule has 0 atom stereocenters. The van der Waals surface area contributed by atoms with E-state index in [0.29, 0.717) is 6.54 Å². The lowest BCUT2D eigenvalue weighted by molar-refractivity contribution is 0.607. The molecular weight excluding hydrogens is 262 g/mol. The average Bonchev–Trinajstić information content (AvgIpc) is 2.93. The summed E-state index contributed by atoms with van der Waals surface area (Å²) in [5, 5.41) is 4.37. The molecule has 21 heavy (non-hydrogen) atoms. The van der Waals surface area contributed by atoms with Crippen LogP contribution in [0.4, 0.5) is 5.82 Å². The van der Waals surface area contributed by atoms with Gasteiger partial charge in [0.2, 0.25) is 0 Å². The summed E-state index contributed by atoms with van der Waals surface area (Å²) >= 11 is 0. The molecule has 2 N–H and O–H groups in total. The van der Waals surface area contributed by atoms with Crippen LogP contribution >= 0.6 is 0 Å². The van der Waals surface area contributed by atoms with Crippen LogP contribution in [0, 0.1) is 0 Å². The number of hydrogen-bond acceptors (Lipinski definition) is 4. The van der Waals surface area contributed by atoms with Gasteiger partial charge < -0.3 is 10.6 Å². The van der Waals surface area contributed by atoms with Crippen LogP contribution in [-0.4, -0.2) is 27.7 Å². The van der Waals surface area contributed by atoms with Crippen molar-refractivity contribution in [2.75, 3.05) is 18.0 Å². The lowest BCUT2D eigenvalue weighted by Crippen LogP contribution is -2.37.